The van der Waals surface area contributed by atoms with Crippen LogP contribution in [0.3, 0.4) is 0 Å². The van der Waals surface area contributed by atoms with Gasteiger partial charge < -0.3 is 9.73 Å². The van der Waals surface area contributed by atoms with Gasteiger partial charge in [0.2, 0.25) is 0 Å². The first kappa shape index (κ1) is 12.7. The number of hydrogen-bond acceptors (Lipinski definition) is 2. The van der Waals surface area contributed by atoms with Crippen molar-refractivity contribution in [3.8, 4) is 0 Å². The Labute approximate surface area is 113 Å². The first-order valence-corrected chi connectivity index (χ1v) is 7.12. The monoisotopic (exact) mass is 261 g/mol. The number of fused-ring (bicyclic) bond motifs is 1. The van der Waals surface area contributed by atoms with Gasteiger partial charge in [0.05, 0.1) is 6.54 Å². The summed E-state index contributed by atoms with van der Waals surface area (Å²) in [4.78, 5) is 0. The van der Waals surface area contributed by atoms with E-state index in [9.17, 15) is 4.39 Å². The molecular formula is C16H20FNO. The third-order valence-corrected chi connectivity index (χ3v) is 3.75. The SMILES string of the molecule is CCCNCc1oc2c(C)cc(F)cc2c1C1CC1. The van der Waals surface area contributed by atoms with Crippen LogP contribution in [0.5, 0.6) is 0 Å². The Morgan fingerprint density at radius 2 is 2.16 bits per heavy atom. The van der Waals surface area contributed by atoms with Crippen molar-refractivity contribution in [3.63, 3.8) is 0 Å². The van der Waals surface area contributed by atoms with Gasteiger partial charge in [-0.2, -0.15) is 0 Å². The lowest BCUT2D eigenvalue weighted by Crippen LogP contribution is -2.14. The summed E-state index contributed by atoms with van der Waals surface area (Å²) in [6.07, 6.45) is 3.50. The molecule has 102 valence electrons. The van der Waals surface area contributed by atoms with Crippen molar-refractivity contribution in [1.29, 1.82) is 0 Å². The summed E-state index contributed by atoms with van der Waals surface area (Å²) < 4.78 is 19.6. The number of nitrogens with one attached hydrogen (secondary N) is 1. The summed E-state index contributed by atoms with van der Waals surface area (Å²) in [7, 11) is 0. The van der Waals surface area contributed by atoms with Crippen molar-refractivity contribution in [2.75, 3.05) is 6.54 Å². The highest BCUT2D eigenvalue weighted by Crippen LogP contribution is 2.46. The minimum Gasteiger partial charge on any atom is -0.459 e. The van der Waals surface area contributed by atoms with E-state index < -0.39 is 0 Å². The van der Waals surface area contributed by atoms with Crippen LogP contribution >= 0.6 is 0 Å². The minimum atomic E-state index is -0.166. The molecular weight excluding hydrogens is 241 g/mol. The second-order valence-corrected chi connectivity index (χ2v) is 5.49. The Hall–Kier alpha value is -1.35. The molecule has 0 saturated heterocycles. The molecule has 1 aromatic heterocycles. The quantitative estimate of drug-likeness (QED) is 0.814. The zero-order chi connectivity index (χ0) is 13.4. The second-order valence-electron chi connectivity index (χ2n) is 5.49. The van der Waals surface area contributed by atoms with E-state index in [0.717, 1.165) is 41.8 Å². The summed E-state index contributed by atoms with van der Waals surface area (Å²) in [5.41, 5.74) is 2.98. The minimum absolute atomic E-state index is 0.166. The highest BCUT2D eigenvalue weighted by Gasteiger charge is 2.31. The molecule has 19 heavy (non-hydrogen) atoms. The van der Waals surface area contributed by atoms with E-state index in [1.807, 2.05) is 6.92 Å². The lowest BCUT2D eigenvalue weighted by Gasteiger charge is -2.02. The molecule has 0 aliphatic heterocycles. The maximum absolute atomic E-state index is 13.6. The highest BCUT2D eigenvalue weighted by atomic mass is 19.1. The standard InChI is InChI=1S/C16H20FNO/c1-3-6-18-9-14-15(11-4-5-11)13-8-12(17)7-10(2)16(13)19-14/h7-8,11,18H,3-6,9H2,1-2H3. The predicted octanol–water partition coefficient (Wildman–Crippen LogP) is 4.26. The molecule has 1 heterocycles. The van der Waals surface area contributed by atoms with Gasteiger partial charge in [-0.1, -0.05) is 6.92 Å². The largest absolute Gasteiger partial charge is 0.459 e. The number of rotatable bonds is 5. The smallest absolute Gasteiger partial charge is 0.137 e. The molecule has 0 bridgehead atoms. The molecule has 2 aromatic rings. The molecule has 3 rings (SSSR count). The van der Waals surface area contributed by atoms with E-state index in [2.05, 4.69) is 12.2 Å². The van der Waals surface area contributed by atoms with E-state index in [0.29, 0.717) is 5.92 Å². The first-order chi connectivity index (χ1) is 9.20. The Bertz CT molecular complexity index is 598. The summed E-state index contributed by atoms with van der Waals surface area (Å²) >= 11 is 0. The molecule has 3 heteroatoms. The Morgan fingerprint density at radius 1 is 1.37 bits per heavy atom. The van der Waals surface area contributed by atoms with Crippen molar-refractivity contribution in [1.82, 2.24) is 5.32 Å². The predicted molar refractivity (Wildman–Crippen MR) is 74.9 cm³/mol. The Kier molecular flexibility index (Phi) is 3.31. The van der Waals surface area contributed by atoms with Crippen LogP contribution in [-0.4, -0.2) is 6.54 Å². The summed E-state index contributed by atoms with van der Waals surface area (Å²) in [6, 6.07) is 3.18. The zero-order valence-corrected chi connectivity index (χ0v) is 11.6. The van der Waals surface area contributed by atoms with Gasteiger partial charge in [0.25, 0.3) is 0 Å². The van der Waals surface area contributed by atoms with Crippen LogP contribution < -0.4 is 5.32 Å². The van der Waals surface area contributed by atoms with Gasteiger partial charge in [-0.25, -0.2) is 4.39 Å². The third kappa shape index (κ3) is 2.39. The van der Waals surface area contributed by atoms with E-state index >= 15 is 0 Å². The molecule has 1 aliphatic carbocycles. The van der Waals surface area contributed by atoms with Crippen molar-refractivity contribution >= 4 is 11.0 Å². The molecule has 0 atom stereocenters. The Balaban J connectivity index is 2.05. The Morgan fingerprint density at radius 3 is 2.84 bits per heavy atom. The van der Waals surface area contributed by atoms with Crippen LogP contribution in [0.2, 0.25) is 0 Å². The van der Waals surface area contributed by atoms with E-state index in [-0.39, 0.29) is 5.82 Å². The van der Waals surface area contributed by atoms with Gasteiger partial charge in [0.1, 0.15) is 17.2 Å². The summed E-state index contributed by atoms with van der Waals surface area (Å²) in [5.74, 6) is 1.40. The van der Waals surface area contributed by atoms with Gasteiger partial charge in [0, 0.05) is 10.9 Å². The average Bonchev–Trinajstić information content (AvgIpc) is 3.12. The maximum Gasteiger partial charge on any atom is 0.137 e. The van der Waals surface area contributed by atoms with Crippen LogP contribution in [0.25, 0.3) is 11.0 Å². The molecule has 1 saturated carbocycles. The zero-order valence-electron chi connectivity index (χ0n) is 11.6. The van der Waals surface area contributed by atoms with Crippen LogP contribution in [0.1, 0.15) is 49.0 Å². The average molecular weight is 261 g/mol. The molecule has 2 nitrogen and oxygen atoms in total. The fourth-order valence-electron chi connectivity index (χ4n) is 2.72. The molecule has 1 fully saturated rings. The fourth-order valence-corrected chi connectivity index (χ4v) is 2.72. The van der Waals surface area contributed by atoms with Crippen LogP contribution in [-0.2, 0) is 6.54 Å². The normalized spacial score (nSPS) is 15.3. The maximum atomic E-state index is 13.6. The molecule has 0 spiro atoms. The van der Waals surface area contributed by atoms with Crippen LogP contribution in [0.4, 0.5) is 4.39 Å². The highest BCUT2D eigenvalue weighted by molar-refractivity contribution is 5.86. The van der Waals surface area contributed by atoms with Crippen molar-refractivity contribution in [2.24, 2.45) is 0 Å². The molecule has 1 aliphatic rings. The lowest BCUT2D eigenvalue weighted by molar-refractivity contribution is 0.506. The van der Waals surface area contributed by atoms with Gasteiger partial charge in [-0.05, 0) is 56.3 Å². The molecule has 1 aromatic carbocycles. The fraction of sp³-hybridized carbons (Fsp3) is 0.500. The van der Waals surface area contributed by atoms with Gasteiger partial charge in [0.15, 0.2) is 0 Å². The van der Waals surface area contributed by atoms with Crippen molar-refractivity contribution in [3.05, 3.63) is 34.8 Å². The number of halogens is 1. The second kappa shape index (κ2) is 4.97. The van der Waals surface area contributed by atoms with E-state index in [1.165, 1.54) is 18.4 Å². The van der Waals surface area contributed by atoms with E-state index in [1.54, 1.807) is 12.1 Å². The number of hydrogen-bond donors (Lipinski definition) is 1. The van der Waals surface area contributed by atoms with E-state index in [4.69, 9.17) is 4.42 Å². The first-order valence-electron chi connectivity index (χ1n) is 7.12. The van der Waals surface area contributed by atoms with Crippen molar-refractivity contribution in [2.45, 2.75) is 45.6 Å². The lowest BCUT2D eigenvalue weighted by atomic mass is 10.0. The topological polar surface area (TPSA) is 25.2 Å². The van der Waals surface area contributed by atoms with Crippen LogP contribution in [0.15, 0.2) is 16.5 Å². The number of furan rings is 1. The summed E-state index contributed by atoms with van der Waals surface area (Å²) in [5, 5.41) is 4.36. The molecule has 0 amide bonds. The number of benzene rings is 1. The van der Waals surface area contributed by atoms with Gasteiger partial charge in [-0.15, -0.1) is 0 Å². The van der Waals surface area contributed by atoms with Crippen LogP contribution in [0, 0.1) is 12.7 Å². The summed E-state index contributed by atoms with van der Waals surface area (Å²) in [6.45, 7) is 5.78. The van der Waals surface area contributed by atoms with Crippen molar-refractivity contribution < 1.29 is 8.81 Å². The third-order valence-electron chi connectivity index (χ3n) is 3.75. The molecule has 1 N–H and O–H groups in total. The number of aryl methyl sites for hydroxylation is 1. The van der Waals surface area contributed by atoms with Gasteiger partial charge in [-0.3, -0.25) is 0 Å². The van der Waals surface area contributed by atoms with Gasteiger partial charge >= 0.3 is 0 Å². The molecule has 0 unspecified atom stereocenters. The molecule has 0 radical (unpaired) electrons.